The number of carboxylic acids is 1. The van der Waals surface area contributed by atoms with E-state index in [0.717, 1.165) is 35.7 Å². The number of aliphatic carboxylic acids is 1. The standard InChI is InChI=1S/C20H27BrN2O5/c1-18(2,3)28-17(26)23-8-5-19(6-9-23)12-20(13-19,27-11-16(24)25)14-4-7-22-10-15(14)21/h4,7,10H,5-6,8-9,11-13H2,1-3H3,(H,24,25). The first-order valence-corrected chi connectivity index (χ1v) is 10.3. The number of piperidine rings is 1. The SMILES string of the molecule is CC(C)(C)OC(=O)N1CCC2(CC1)CC(OCC(=O)O)(c1ccncc1Br)C2. The average molecular weight is 455 g/mol. The quantitative estimate of drug-likeness (QED) is 0.740. The van der Waals surface area contributed by atoms with Crippen LogP contribution in [-0.2, 0) is 19.9 Å². The van der Waals surface area contributed by atoms with Gasteiger partial charge in [0.05, 0.1) is 5.60 Å². The van der Waals surface area contributed by atoms with Crippen molar-refractivity contribution in [2.24, 2.45) is 5.41 Å². The molecule has 8 heteroatoms. The molecule has 2 fully saturated rings. The molecule has 154 valence electrons. The highest BCUT2D eigenvalue weighted by Gasteiger charge is 2.58. The molecule has 0 radical (unpaired) electrons. The molecular weight excluding hydrogens is 428 g/mol. The van der Waals surface area contributed by atoms with Gasteiger partial charge in [-0.1, -0.05) is 0 Å². The lowest BCUT2D eigenvalue weighted by atomic mass is 9.53. The number of rotatable bonds is 4. The summed E-state index contributed by atoms with van der Waals surface area (Å²) >= 11 is 3.52. The van der Waals surface area contributed by atoms with Gasteiger partial charge >= 0.3 is 12.1 Å². The van der Waals surface area contributed by atoms with Crippen molar-refractivity contribution in [1.82, 2.24) is 9.88 Å². The second-order valence-corrected chi connectivity index (χ2v) is 9.71. The molecule has 7 nitrogen and oxygen atoms in total. The van der Waals surface area contributed by atoms with E-state index in [0.29, 0.717) is 13.1 Å². The number of hydrogen-bond donors (Lipinski definition) is 1. The number of amides is 1. The van der Waals surface area contributed by atoms with Crippen LogP contribution in [0.1, 0.15) is 52.0 Å². The van der Waals surface area contributed by atoms with Crippen LogP contribution in [0.25, 0.3) is 0 Å². The predicted octanol–water partition coefficient (Wildman–Crippen LogP) is 3.95. The smallest absolute Gasteiger partial charge is 0.410 e. The summed E-state index contributed by atoms with van der Waals surface area (Å²) in [5, 5.41) is 9.10. The van der Waals surface area contributed by atoms with Crippen molar-refractivity contribution in [2.75, 3.05) is 19.7 Å². The molecule has 1 aliphatic carbocycles. The van der Waals surface area contributed by atoms with Crippen molar-refractivity contribution in [2.45, 2.75) is 57.7 Å². The molecule has 0 unspecified atom stereocenters. The average Bonchev–Trinajstić information content (AvgIpc) is 2.57. The largest absolute Gasteiger partial charge is 0.480 e. The van der Waals surface area contributed by atoms with Crippen molar-refractivity contribution >= 4 is 28.0 Å². The van der Waals surface area contributed by atoms with E-state index in [-0.39, 0.29) is 18.1 Å². The predicted molar refractivity (Wildman–Crippen MR) is 106 cm³/mol. The summed E-state index contributed by atoms with van der Waals surface area (Å²) in [6.07, 6.45) is 6.31. The van der Waals surface area contributed by atoms with E-state index in [1.807, 2.05) is 26.8 Å². The van der Waals surface area contributed by atoms with Crippen LogP contribution in [0.2, 0.25) is 0 Å². The lowest BCUT2D eigenvalue weighted by Gasteiger charge is -2.58. The molecule has 1 spiro atoms. The van der Waals surface area contributed by atoms with E-state index in [1.165, 1.54) is 0 Å². The van der Waals surface area contributed by atoms with E-state index in [9.17, 15) is 9.59 Å². The Balaban J connectivity index is 1.68. The maximum atomic E-state index is 12.3. The fourth-order valence-electron chi connectivity index (χ4n) is 4.32. The van der Waals surface area contributed by atoms with Crippen LogP contribution in [0, 0.1) is 5.41 Å². The van der Waals surface area contributed by atoms with E-state index in [4.69, 9.17) is 14.6 Å². The van der Waals surface area contributed by atoms with Gasteiger partial charge in [0.25, 0.3) is 0 Å². The van der Waals surface area contributed by atoms with E-state index < -0.39 is 17.2 Å². The Bertz CT molecular complexity index is 745. The van der Waals surface area contributed by atoms with Gasteiger partial charge in [0.2, 0.25) is 0 Å². The zero-order chi connectivity index (χ0) is 20.6. The van der Waals surface area contributed by atoms with Gasteiger partial charge in [-0.15, -0.1) is 0 Å². The third-order valence-electron chi connectivity index (χ3n) is 5.53. The zero-order valence-electron chi connectivity index (χ0n) is 16.5. The van der Waals surface area contributed by atoms with Gasteiger partial charge in [0.1, 0.15) is 12.2 Å². The lowest BCUT2D eigenvalue weighted by Crippen LogP contribution is -2.57. The molecule has 0 bridgehead atoms. The minimum absolute atomic E-state index is 0.0553. The summed E-state index contributed by atoms with van der Waals surface area (Å²) in [5.74, 6) is -0.981. The molecule has 1 amide bonds. The highest BCUT2D eigenvalue weighted by Crippen LogP contribution is 2.61. The molecule has 1 aliphatic heterocycles. The fourth-order valence-corrected chi connectivity index (χ4v) is 4.93. The Labute approximate surface area is 173 Å². The Morgan fingerprint density at radius 1 is 1.29 bits per heavy atom. The third-order valence-corrected chi connectivity index (χ3v) is 6.16. The summed E-state index contributed by atoms with van der Waals surface area (Å²) in [5.41, 5.74) is -0.145. The van der Waals surface area contributed by atoms with Gasteiger partial charge in [-0.3, -0.25) is 4.98 Å². The second-order valence-electron chi connectivity index (χ2n) is 8.85. The minimum Gasteiger partial charge on any atom is -0.480 e. The molecule has 1 saturated carbocycles. The Morgan fingerprint density at radius 3 is 2.46 bits per heavy atom. The molecule has 28 heavy (non-hydrogen) atoms. The summed E-state index contributed by atoms with van der Waals surface area (Å²) in [4.78, 5) is 29.3. The number of carboxylic acid groups (broad SMARTS) is 1. The Kier molecular flexibility index (Phi) is 5.74. The van der Waals surface area contributed by atoms with E-state index in [1.54, 1.807) is 17.3 Å². The summed E-state index contributed by atoms with van der Waals surface area (Å²) in [6.45, 7) is 6.53. The Morgan fingerprint density at radius 2 is 1.93 bits per heavy atom. The molecule has 0 atom stereocenters. The topological polar surface area (TPSA) is 89.0 Å². The van der Waals surface area contributed by atoms with Crippen LogP contribution in [0.4, 0.5) is 4.79 Å². The molecule has 1 N–H and O–H groups in total. The van der Waals surface area contributed by atoms with Crippen molar-refractivity contribution in [3.8, 4) is 0 Å². The fraction of sp³-hybridized carbons (Fsp3) is 0.650. The highest BCUT2D eigenvalue weighted by atomic mass is 79.9. The van der Waals surface area contributed by atoms with Crippen LogP contribution >= 0.6 is 15.9 Å². The van der Waals surface area contributed by atoms with Crippen molar-refractivity contribution in [3.05, 3.63) is 28.5 Å². The maximum absolute atomic E-state index is 12.3. The lowest BCUT2D eigenvalue weighted by molar-refractivity contribution is -0.198. The molecule has 3 rings (SSSR count). The highest BCUT2D eigenvalue weighted by molar-refractivity contribution is 9.10. The maximum Gasteiger partial charge on any atom is 0.410 e. The third kappa shape index (κ3) is 4.49. The minimum atomic E-state index is -0.981. The number of likely N-dealkylation sites (tertiary alicyclic amines) is 1. The number of pyridine rings is 1. The molecule has 1 aromatic rings. The van der Waals surface area contributed by atoms with Gasteiger partial charge in [-0.05, 0) is 73.9 Å². The van der Waals surface area contributed by atoms with Crippen LogP contribution < -0.4 is 0 Å². The molecule has 1 aromatic heterocycles. The molecular formula is C20H27BrN2O5. The van der Waals surface area contributed by atoms with Crippen LogP contribution in [0.3, 0.4) is 0 Å². The van der Waals surface area contributed by atoms with Crippen LogP contribution in [0.5, 0.6) is 0 Å². The monoisotopic (exact) mass is 454 g/mol. The van der Waals surface area contributed by atoms with Gasteiger partial charge in [-0.2, -0.15) is 0 Å². The number of carbonyl (C=O) groups is 2. The molecule has 2 heterocycles. The first kappa shape index (κ1) is 21.0. The Hall–Kier alpha value is -1.67. The normalized spacial score (nSPS) is 20.5. The molecule has 0 aromatic carbocycles. The number of halogens is 1. The van der Waals surface area contributed by atoms with Crippen molar-refractivity contribution in [1.29, 1.82) is 0 Å². The van der Waals surface area contributed by atoms with Crippen LogP contribution in [0.15, 0.2) is 22.9 Å². The first-order chi connectivity index (χ1) is 13.0. The summed E-state index contributed by atoms with van der Waals surface area (Å²) in [6, 6.07) is 1.88. The van der Waals surface area contributed by atoms with Gasteiger partial charge in [0, 0.05) is 35.5 Å². The zero-order valence-corrected chi connectivity index (χ0v) is 18.1. The van der Waals surface area contributed by atoms with Gasteiger partial charge < -0.3 is 19.5 Å². The van der Waals surface area contributed by atoms with E-state index >= 15 is 0 Å². The number of hydrogen-bond acceptors (Lipinski definition) is 5. The van der Waals surface area contributed by atoms with Gasteiger partial charge in [-0.25, -0.2) is 9.59 Å². The number of aromatic nitrogens is 1. The van der Waals surface area contributed by atoms with Crippen molar-refractivity contribution < 1.29 is 24.2 Å². The first-order valence-electron chi connectivity index (χ1n) is 9.48. The molecule has 1 saturated heterocycles. The summed E-state index contributed by atoms with van der Waals surface area (Å²) in [7, 11) is 0. The second kappa shape index (κ2) is 7.63. The molecule has 2 aliphatic rings. The number of ether oxygens (including phenoxy) is 2. The number of nitrogens with zero attached hydrogens (tertiary/aromatic N) is 2. The van der Waals surface area contributed by atoms with Gasteiger partial charge in [0.15, 0.2) is 0 Å². The van der Waals surface area contributed by atoms with Crippen LogP contribution in [-0.4, -0.2) is 52.4 Å². The van der Waals surface area contributed by atoms with Crippen molar-refractivity contribution in [3.63, 3.8) is 0 Å². The van der Waals surface area contributed by atoms with E-state index in [2.05, 4.69) is 20.9 Å². The summed E-state index contributed by atoms with van der Waals surface area (Å²) < 4.78 is 12.2. The number of carbonyl (C=O) groups excluding carboxylic acids is 1.